The van der Waals surface area contributed by atoms with Crippen LogP contribution in [0.5, 0.6) is 0 Å². The molecule has 1 saturated heterocycles. The summed E-state index contributed by atoms with van der Waals surface area (Å²) in [6.45, 7) is 1.50. The van der Waals surface area contributed by atoms with Crippen LogP contribution in [0.2, 0.25) is 0 Å². The third-order valence-corrected chi connectivity index (χ3v) is 5.17. The van der Waals surface area contributed by atoms with Crippen molar-refractivity contribution in [2.24, 2.45) is 5.16 Å². The molecule has 0 unspecified atom stereocenters. The zero-order valence-corrected chi connectivity index (χ0v) is 17.5. The van der Waals surface area contributed by atoms with Crippen molar-refractivity contribution in [3.8, 4) is 0 Å². The van der Waals surface area contributed by atoms with Crippen LogP contribution in [0.1, 0.15) is 29.0 Å². The molecule has 2 aromatic heterocycles. The van der Waals surface area contributed by atoms with Gasteiger partial charge in [-0.2, -0.15) is 20.9 Å². The summed E-state index contributed by atoms with van der Waals surface area (Å²) in [6, 6.07) is 4.10. The first-order chi connectivity index (χ1) is 15.1. The predicted molar refractivity (Wildman–Crippen MR) is 110 cm³/mol. The van der Waals surface area contributed by atoms with Crippen molar-refractivity contribution in [1.29, 1.82) is 0 Å². The minimum atomic E-state index is -0.401. The molecule has 3 N–H and O–H groups in total. The Labute approximate surface area is 183 Å². The average molecular weight is 494 g/mol. The Bertz CT molecular complexity index is 1050. The Balaban J connectivity index is 1.51. The van der Waals surface area contributed by atoms with Gasteiger partial charge < -0.3 is 5.32 Å². The summed E-state index contributed by atoms with van der Waals surface area (Å²) in [6.07, 6.45) is 4.02. The van der Waals surface area contributed by atoms with Gasteiger partial charge in [0.2, 0.25) is 5.82 Å². The number of carbonyl (C=O) groups is 1. The summed E-state index contributed by atoms with van der Waals surface area (Å²) in [7, 11) is 0. The van der Waals surface area contributed by atoms with Crippen molar-refractivity contribution >= 4 is 39.6 Å². The molecule has 3 heterocycles. The Morgan fingerprint density at radius 2 is 2.23 bits per heavy atom. The van der Waals surface area contributed by atoms with Crippen molar-refractivity contribution in [2.75, 3.05) is 23.5 Å². The van der Waals surface area contributed by atoms with Crippen molar-refractivity contribution in [2.45, 2.75) is 18.9 Å². The number of amides is 1. The van der Waals surface area contributed by atoms with Gasteiger partial charge in [-0.1, -0.05) is 5.16 Å². The molecule has 1 aromatic carbocycles. The topological polar surface area (TPSA) is 146 Å². The first-order valence-corrected chi connectivity index (χ1v) is 10.1. The molecule has 0 bridgehead atoms. The summed E-state index contributed by atoms with van der Waals surface area (Å²) in [4.78, 5) is 19.6. The second-order valence-electron chi connectivity index (χ2n) is 6.54. The molecule has 0 aliphatic carbocycles. The number of nitrogens with one attached hydrogen (secondary N) is 3. The van der Waals surface area contributed by atoms with Gasteiger partial charge in [-0.25, -0.2) is 9.02 Å². The lowest BCUT2D eigenvalue weighted by molar-refractivity contribution is 0.0964. The van der Waals surface area contributed by atoms with Crippen LogP contribution < -0.4 is 15.7 Å². The fraction of sp³-hybridized carbons (Fsp3) is 0.294. The molecule has 3 aromatic rings. The number of oxime groups is 1. The van der Waals surface area contributed by atoms with E-state index in [-0.39, 0.29) is 33.6 Å². The molecule has 14 heteroatoms. The number of hydrogen-bond donors (Lipinski definition) is 3. The number of anilines is 2. The normalized spacial score (nSPS) is 14.6. The highest BCUT2D eigenvalue weighted by Gasteiger charge is 2.33. The van der Waals surface area contributed by atoms with Gasteiger partial charge >= 0.3 is 0 Å². The molecule has 4 rings (SSSR count). The first-order valence-electron chi connectivity index (χ1n) is 9.26. The van der Waals surface area contributed by atoms with Crippen molar-refractivity contribution in [3.05, 3.63) is 46.1 Å². The minimum absolute atomic E-state index is 0.139. The molecule has 31 heavy (non-hydrogen) atoms. The van der Waals surface area contributed by atoms with Crippen molar-refractivity contribution in [1.82, 2.24) is 31.0 Å². The third kappa shape index (κ3) is 4.86. The fourth-order valence-electron chi connectivity index (χ4n) is 3.08. The maximum Gasteiger partial charge on any atom is 0.282 e. The van der Waals surface area contributed by atoms with E-state index in [2.05, 4.69) is 57.6 Å². The number of halogens is 2. The molecular formula is C17H17BrFN9O3. The van der Waals surface area contributed by atoms with E-state index in [1.54, 1.807) is 0 Å². The van der Waals surface area contributed by atoms with Gasteiger partial charge in [-0.15, -0.1) is 0 Å². The van der Waals surface area contributed by atoms with E-state index >= 15 is 0 Å². The quantitative estimate of drug-likeness (QED) is 0.331. The summed E-state index contributed by atoms with van der Waals surface area (Å²) < 4.78 is 18.4. The molecule has 0 radical (unpaired) electrons. The number of nitrogens with zero attached hydrogens (tertiary/aromatic N) is 6. The van der Waals surface area contributed by atoms with Crippen LogP contribution in [0.25, 0.3) is 0 Å². The molecule has 0 spiro atoms. The highest BCUT2D eigenvalue weighted by molar-refractivity contribution is 9.10. The van der Waals surface area contributed by atoms with Crippen LogP contribution in [-0.4, -0.2) is 57.0 Å². The van der Waals surface area contributed by atoms with Gasteiger partial charge in [-0.05, 0) is 70.4 Å². The van der Waals surface area contributed by atoms with Crippen LogP contribution in [0.15, 0.2) is 38.7 Å². The molecule has 1 fully saturated rings. The molecule has 0 saturated carbocycles. The Morgan fingerprint density at radius 3 is 2.97 bits per heavy atom. The second-order valence-corrected chi connectivity index (χ2v) is 7.40. The number of rotatable bonds is 7. The number of H-pyrrole nitrogens is 1. The van der Waals surface area contributed by atoms with E-state index in [0.717, 1.165) is 13.1 Å². The summed E-state index contributed by atoms with van der Waals surface area (Å²) in [5.41, 5.74) is 3.36. The van der Waals surface area contributed by atoms with Crippen LogP contribution in [-0.2, 0) is 4.94 Å². The van der Waals surface area contributed by atoms with E-state index in [1.165, 1.54) is 35.5 Å². The number of aromatic amines is 1. The third-order valence-electron chi connectivity index (χ3n) is 4.56. The van der Waals surface area contributed by atoms with E-state index in [9.17, 15) is 9.18 Å². The van der Waals surface area contributed by atoms with Crippen molar-refractivity contribution in [3.63, 3.8) is 0 Å². The highest BCUT2D eigenvalue weighted by Crippen LogP contribution is 2.24. The molecule has 12 nitrogen and oxygen atoms in total. The number of carbonyl (C=O) groups excluding carboxylic acids is 1. The number of aromatic nitrogens is 5. The Morgan fingerprint density at radius 1 is 1.39 bits per heavy atom. The summed E-state index contributed by atoms with van der Waals surface area (Å²) in [5.74, 6) is -0.597. The SMILES string of the molecule is O=C(c1cn[nH]n1)N(c1nonc1/C=N/ONc1ccc(F)c(Br)c1)C1CCNCC1. The molecule has 0 atom stereocenters. The number of piperidine rings is 1. The van der Waals surface area contributed by atoms with Gasteiger partial charge in [-0.3, -0.25) is 14.6 Å². The number of hydrogen-bond acceptors (Lipinski definition) is 10. The smallest absolute Gasteiger partial charge is 0.282 e. The molecule has 1 aliphatic rings. The van der Waals surface area contributed by atoms with Crippen molar-refractivity contribution < 1.29 is 18.8 Å². The standard InChI is InChI=1S/C17H17BrFN9O3/c18-12-7-10(1-2-13(12)19)24-30-22-9-14-16(26-31-25-14)28(11-3-5-20-6-4-11)17(29)15-8-21-27-23-15/h1-2,7-9,11,20,24H,3-6H2,(H,21,23,27)/b22-9+. The maximum atomic E-state index is 13.3. The molecule has 162 valence electrons. The average Bonchev–Trinajstić information content (AvgIpc) is 3.47. The van der Waals surface area contributed by atoms with E-state index in [0.29, 0.717) is 18.5 Å². The largest absolute Gasteiger partial charge is 0.317 e. The first kappa shape index (κ1) is 20.9. The lowest BCUT2D eigenvalue weighted by Gasteiger charge is -2.32. The molecular weight excluding hydrogens is 477 g/mol. The minimum Gasteiger partial charge on any atom is -0.317 e. The Hall–Kier alpha value is -3.39. The lowest BCUT2D eigenvalue weighted by atomic mass is 10.0. The monoisotopic (exact) mass is 493 g/mol. The lowest BCUT2D eigenvalue weighted by Crippen LogP contribution is -2.47. The van der Waals surface area contributed by atoms with E-state index in [4.69, 9.17) is 9.57 Å². The number of benzene rings is 1. The highest BCUT2D eigenvalue weighted by atomic mass is 79.9. The maximum absolute atomic E-state index is 13.3. The second kappa shape index (κ2) is 9.61. The van der Waals surface area contributed by atoms with E-state index < -0.39 is 5.82 Å². The summed E-state index contributed by atoms with van der Waals surface area (Å²) in [5, 5.41) is 24.8. The van der Waals surface area contributed by atoms with Gasteiger partial charge in [0.25, 0.3) is 5.91 Å². The Kier molecular flexibility index (Phi) is 6.47. The van der Waals surface area contributed by atoms with E-state index in [1.807, 2.05) is 0 Å². The van der Waals surface area contributed by atoms with Crippen LogP contribution in [0, 0.1) is 5.82 Å². The summed E-state index contributed by atoms with van der Waals surface area (Å²) >= 11 is 3.09. The zero-order chi connectivity index (χ0) is 21.6. The van der Waals surface area contributed by atoms with Gasteiger partial charge in [0.05, 0.1) is 16.4 Å². The van der Waals surface area contributed by atoms with Gasteiger partial charge in [0.15, 0.2) is 11.4 Å². The molecule has 1 amide bonds. The predicted octanol–water partition coefficient (Wildman–Crippen LogP) is 1.87. The van der Waals surface area contributed by atoms with Crippen LogP contribution in [0.4, 0.5) is 15.9 Å². The van der Waals surface area contributed by atoms with Crippen LogP contribution in [0.3, 0.4) is 0 Å². The fourth-order valence-corrected chi connectivity index (χ4v) is 3.46. The zero-order valence-electron chi connectivity index (χ0n) is 16.0. The molecule has 1 aliphatic heterocycles. The van der Waals surface area contributed by atoms with Gasteiger partial charge in [0.1, 0.15) is 12.0 Å². The van der Waals surface area contributed by atoms with Crippen LogP contribution >= 0.6 is 15.9 Å². The van der Waals surface area contributed by atoms with Gasteiger partial charge in [0, 0.05) is 6.04 Å².